The third-order valence-corrected chi connectivity index (χ3v) is 5.17. The first-order valence-electron chi connectivity index (χ1n) is 10.2. The van der Waals surface area contributed by atoms with Gasteiger partial charge >= 0.3 is 18.4 Å². The molecule has 12 heteroatoms. The van der Waals surface area contributed by atoms with Crippen LogP contribution in [0.1, 0.15) is 24.4 Å². The van der Waals surface area contributed by atoms with Crippen LogP contribution in [0, 0.1) is 0 Å². The lowest BCUT2D eigenvalue weighted by molar-refractivity contribution is -0.274. The lowest BCUT2D eigenvalue weighted by Crippen LogP contribution is -2.46. The molecule has 1 atom stereocenters. The van der Waals surface area contributed by atoms with Gasteiger partial charge in [0.05, 0.1) is 6.54 Å². The molecule has 2 aromatic carbocycles. The average Bonchev–Trinajstić information content (AvgIpc) is 3.11. The summed E-state index contributed by atoms with van der Waals surface area (Å²) in [5, 5.41) is 3.32. The maximum atomic E-state index is 12.6. The normalized spacial score (nSPS) is 15.6. The first kappa shape index (κ1) is 23.7. The van der Waals surface area contributed by atoms with Crippen LogP contribution in [-0.4, -0.2) is 35.6 Å². The van der Waals surface area contributed by atoms with Gasteiger partial charge in [-0.15, -0.1) is 13.2 Å². The molecule has 1 aliphatic heterocycles. The van der Waals surface area contributed by atoms with E-state index in [4.69, 9.17) is 21.1 Å². The molecule has 2 amide bonds. The van der Waals surface area contributed by atoms with E-state index in [9.17, 15) is 18.0 Å². The van der Waals surface area contributed by atoms with Gasteiger partial charge in [-0.05, 0) is 36.8 Å². The third-order valence-electron chi connectivity index (χ3n) is 4.91. The molecule has 1 aliphatic rings. The summed E-state index contributed by atoms with van der Waals surface area (Å²) in [4.78, 5) is 18.2. The van der Waals surface area contributed by atoms with Crippen molar-refractivity contribution in [2.24, 2.45) is 0 Å². The Balaban J connectivity index is 1.76. The van der Waals surface area contributed by atoms with Crippen molar-refractivity contribution in [1.82, 2.24) is 14.9 Å². The van der Waals surface area contributed by atoms with Crippen LogP contribution in [0.4, 0.5) is 23.8 Å². The molecule has 2 heterocycles. The maximum Gasteiger partial charge on any atom is 0.573 e. The first-order valence-corrected chi connectivity index (χ1v) is 10.6. The van der Waals surface area contributed by atoms with Crippen molar-refractivity contribution in [3.63, 3.8) is 0 Å². The Morgan fingerprint density at radius 2 is 1.85 bits per heavy atom. The number of anilines is 1. The van der Waals surface area contributed by atoms with Gasteiger partial charge in [0.15, 0.2) is 12.0 Å². The average molecular weight is 497 g/mol. The molecule has 0 spiro atoms. The molecular formula is C22H20ClF3N4O4. The van der Waals surface area contributed by atoms with Crippen LogP contribution in [0.3, 0.4) is 0 Å². The monoisotopic (exact) mass is 496 g/mol. The van der Waals surface area contributed by atoms with Crippen LogP contribution in [0.15, 0.2) is 48.5 Å². The molecule has 180 valence electrons. The number of hydrogen-bond acceptors (Lipinski definition) is 5. The number of alkyl halides is 3. The minimum absolute atomic E-state index is 0.0529. The lowest BCUT2D eigenvalue weighted by Gasteiger charge is -2.30. The zero-order valence-corrected chi connectivity index (χ0v) is 18.9. The van der Waals surface area contributed by atoms with Gasteiger partial charge in [0, 0.05) is 24.7 Å². The summed E-state index contributed by atoms with van der Waals surface area (Å²) in [6.07, 6.45) is -5.65. The van der Waals surface area contributed by atoms with Gasteiger partial charge in [0.2, 0.25) is 0 Å². The summed E-state index contributed by atoms with van der Waals surface area (Å²) < 4.78 is 55.2. The number of aromatic nitrogens is 2. The summed E-state index contributed by atoms with van der Waals surface area (Å²) in [5.74, 6) is -0.0723. The Morgan fingerprint density at radius 3 is 2.53 bits per heavy atom. The molecule has 4 rings (SSSR count). The Labute approximate surface area is 197 Å². The molecule has 0 saturated carbocycles. The summed E-state index contributed by atoms with van der Waals surface area (Å²) in [6, 6.07) is 11.8. The molecule has 8 nitrogen and oxygen atoms in total. The fourth-order valence-electron chi connectivity index (χ4n) is 3.44. The molecule has 1 N–H and O–H groups in total. The number of imidazole rings is 1. The molecule has 0 bridgehead atoms. The van der Waals surface area contributed by atoms with Crippen molar-refractivity contribution in [1.29, 1.82) is 0 Å². The SMILES string of the molecule is CCOC1NC(=O)N(C)c2nc(Oc3cccc(OC(F)(F)F)c3)n(Cc3ccc(Cl)cc3)c21. The van der Waals surface area contributed by atoms with Crippen molar-refractivity contribution in [3.05, 3.63) is 64.8 Å². The van der Waals surface area contributed by atoms with Crippen molar-refractivity contribution in [2.75, 3.05) is 18.6 Å². The van der Waals surface area contributed by atoms with Crippen molar-refractivity contribution in [2.45, 2.75) is 26.1 Å². The Kier molecular flexibility index (Phi) is 6.58. The lowest BCUT2D eigenvalue weighted by atomic mass is 10.2. The number of carbonyl (C=O) groups is 1. The molecular weight excluding hydrogens is 477 g/mol. The van der Waals surface area contributed by atoms with E-state index in [0.717, 1.165) is 17.7 Å². The van der Waals surface area contributed by atoms with E-state index in [1.165, 1.54) is 24.1 Å². The maximum absolute atomic E-state index is 12.6. The van der Waals surface area contributed by atoms with Crippen molar-refractivity contribution in [3.8, 4) is 17.5 Å². The molecule has 3 aromatic rings. The van der Waals surface area contributed by atoms with Crippen LogP contribution in [0.25, 0.3) is 0 Å². The second-order valence-corrected chi connectivity index (χ2v) is 7.72. The highest BCUT2D eigenvalue weighted by molar-refractivity contribution is 6.30. The van der Waals surface area contributed by atoms with E-state index in [1.807, 2.05) is 12.1 Å². The number of halogens is 4. The first-order chi connectivity index (χ1) is 16.1. The predicted molar refractivity (Wildman–Crippen MR) is 117 cm³/mol. The molecule has 0 radical (unpaired) electrons. The number of carbonyl (C=O) groups excluding carboxylic acids is 1. The second kappa shape index (κ2) is 9.43. The standard InChI is InChI=1S/C22H20ClF3N4O4/c1-3-32-19-17-18(29(2)20(31)28-19)27-21(30(17)12-13-7-9-14(23)10-8-13)33-15-5-4-6-16(11-15)34-22(24,25)26/h4-11,19H,3,12H2,1-2H3,(H,28,31). The summed E-state index contributed by atoms with van der Waals surface area (Å²) in [6.45, 7) is 2.36. The highest BCUT2D eigenvalue weighted by Crippen LogP contribution is 2.37. The van der Waals surface area contributed by atoms with E-state index in [0.29, 0.717) is 23.1 Å². The van der Waals surface area contributed by atoms with Gasteiger partial charge in [-0.25, -0.2) is 4.79 Å². The van der Waals surface area contributed by atoms with Crippen LogP contribution in [-0.2, 0) is 11.3 Å². The van der Waals surface area contributed by atoms with Crippen molar-refractivity contribution < 1.29 is 32.2 Å². The molecule has 0 aliphatic carbocycles. The minimum atomic E-state index is -4.84. The van der Waals surface area contributed by atoms with Gasteiger partial charge in [-0.1, -0.05) is 29.8 Å². The van der Waals surface area contributed by atoms with E-state index in [1.54, 1.807) is 23.6 Å². The number of nitrogens with zero attached hydrogens (tertiary/aromatic N) is 3. The number of rotatable bonds is 7. The highest BCUT2D eigenvalue weighted by atomic mass is 35.5. The largest absolute Gasteiger partial charge is 0.573 e. The fraction of sp³-hybridized carbons (Fsp3) is 0.273. The van der Waals surface area contributed by atoms with E-state index in [2.05, 4.69) is 15.0 Å². The van der Waals surface area contributed by atoms with Crippen LogP contribution < -0.4 is 19.7 Å². The van der Waals surface area contributed by atoms with Crippen molar-refractivity contribution >= 4 is 23.4 Å². The number of hydrogen-bond donors (Lipinski definition) is 1. The molecule has 0 saturated heterocycles. The second-order valence-electron chi connectivity index (χ2n) is 7.28. The number of amides is 2. The number of ether oxygens (including phenoxy) is 3. The Hall–Kier alpha value is -3.44. The summed E-state index contributed by atoms with van der Waals surface area (Å²) in [5.41, 5.74) is 1.37. The van der Waals surface area contributed by atoms with Gasteiger partial charge in [-0.2, -0.15) is 4.98 Å². The van der Waals surface area contributed by atoms with E-state index < -0.39 is 24.4 Å². The fourth-order valence-corrected chi connectivity index (χ4v) is 3.57. The van der Waals surface area contributed by atoms with Crippen LogP contribution in [0.5, 0.6) is 17.5 Å². The minimum Gasteiger partial charge on any atom is -0.425 e. The van der Waals surface area contributed by atoms with E-state index >= 15 is 0 Å². The Morgan fingerprint density at radius 1 is 1.15 bits per heavy atom. The van der Waals surface area contributed by atoms with Gasteiger partial charge in [-0.3, -0.25) is 9.47 Å². The number of nitrogens with one attached hydrogen (secondary N) is 1. The van der Waals surface area contributed by atoms with Crippen LogP contribution >= 0.6 is 11.6 Å². The van der Waals surface area contributed by atoms with E-state index in [-0.39, 0.29) is 18.3 Å². The topological polar surface area (TPSA) is 77.8 Å². The molecule has 34 heavy (non-hydrogen) atoms. The van der Waals surface area contributed by atoms with Gasteiger partial charge in [0.1, 0.15) is 17.2 Å². The molecule has 0 fully saturated rings. The van der Waals surface area contributed by atoms with Gasteiger partial charge in [0.25, 0.3) is 0 Å². The third kappa shape index (κ3) is 5.20. The molecule has 1 aromatic heterocycles. The van der Waals surface area contributed by atoms with Gasteiger partial charge < -0.3 is 19.5 Å². The predicted octanol–water partition coefficient (Wildman–Crippen LogP) is 5.47. The number of urea groups is 1. The zero-order chi connectivity index (χ0) is 24.5. The smallest absolute Gasteiger partial charge is 0.425 e. The summed E-state index contributed by atoms with van der Waals surface area (Å²) in [7, 11) is 1.54. The highest BCUT2D eigenvalue weighted by Gasteiger charge is 2.36. The van der Waals surface area contributed by atoms with Crippen LogP contribution in [0.2, 0.25) is 5.02 Å². The Bertz CT molecular complexity index is 1180. The summed E-state index contributed by atoms with van der Waals surface area (Å²) >= 11 is 6.00. The molecule has 1 unspecified atom stereocenters. The number of benzene rings is 2. The quantitative estimate of drug-likeness (QED) is 0.469. The number of fused-ring (bicyclic) bond motifs is 1. The zero-order valence-electron chi connectivity index (χ0n) is 18.1.